The standard InChI is InChI=1S/C7H14IN3O2/c8-13-4-5-2-1-3-11(5)7(12)6(9)10/h5-6H,1-4,9-10H2/t5-/m0/s1. The smallest absolute Gasteiger partial charge is 0.254 e. The van der Waals surface area contributed by atoms with Crippen LogP contribution in [0.15, 0.2) is 0 Å². The average molecular weight is 299 g/mol. The molecule has 1 heterocycles. The molecule has 1 rings (SSSR count). The zero-order valence-electron chi connectivity index (χ0n) is 7.28. The molecule has 1 atom stereocenters. The van der Waals surface area contributed by atoms with E-state index in [0.29, 0.717) is 6.61 Å². The van der Waals surface area contributed by atoms with Crippen molar-refractivity contribution in [2.45, 2.75) is 25.0 Å². The van der Waals surface area contributed by atoms with Crippen LogP contribution in [0, 0.1) is 0 Å². The van der Waals surface area contributed by atoms with Crippen molar-refractivity contribution in [1.82, 2.24) is 4.90 Å². The summed E-state index contributed by atoms with van der Waals surface area (Å²) >= 11 is 1.83. The van der Waals surface area contributed by atoms with Crippen LogP contribution in [0.1, 0.15) is 12.8 Å². The molecular formula is C7H14IN3O2. The number of hydrogen-bond acceptors (Lipinski definition) is 4. The summed E-state index contributed by atoms with van der Waals surface area (Å²) in [5.74, 6) is -0.184. The fourth-order valence-corrected chi connectivity index (χ4v) is 1.98. The van der Waals surface area contributed by atoms with Crippen LogP contribution >= 0.6 is 23.0 Å². The van der Waals surface area contributed by atoms with Crippen LogP contribution in [0.2, 0.25) is 0 Å². The van der Waals surface area contributed by atoms with Crippen molar-refractivity contribution in [3.8, 4) is 0 Å². The van der Waals surface area contributed by atoms with Crippen LogP contribution in [0.3, 0.4) is 0 Å². The van der Waals surface area contributed by atoms with Gasteiger partial charge in [0.05, 0.1) is 12.6 Å². The molecule has 4 N–H and O–H groups in total. The zero-order valence-corrected chi connectivity index (χ0v) is 9.44. The molecule has 0 bridgehead atoms. The van der Waals surface area contributed by atoms with Crippen molar-refractivity contribution in [1.29, 1.82) is 0 Å². The number of hydrogen-bond donors (Lipinski definition) is 2. The minimum Gasteiger partial charge on any atom is -0.335 e. The molecule has 6 heteroatoms. The quantitative estimate of drug-likeness (QED) is 0.548. The Labute approximate surface area is 91.5 Å². The van der Waals surface area contributed by atoms with E-state index in [0.717, 1.165) is 19.4 Å². The van der Waals surface area contributed by atoms with Crippen molar-refractivity contribution < 1.29 is 7.86 Å². The van der Waals surface area contributed by atoms with Gasteiger partial charge in [-0.15, -0.1) is 0 Å². The molecule has 0 aromatic rings. The minimum atomic E-state index is -0.894. The van der Waals surface area contributed by atoms with Crippen molar-refractivity contribution in [2.24, 2.45) is 11.5 Å². The van der Waals surface area contributed by atoms with Crippen LogP contribution in [-0.4, -0.2) is 36.2 Å². The number of carbonyl (C=O) groups is 1. The number of carbonyl (C=O) groups excluding carboxylic acids is 1. The highest BCUT2D eigenvalue weighted by molar-refractivity contribution is 14.1. The van der Waals surface area contributed by atoms with E-state index in [-0.39, 0.29) is 11.9 Å². The Morgan fingerprint density at radius 2 is 2.38 bits per heavy atom. The molecule has 5 nitrogen and oxygen atoms in total. The lowest BCUT2D eigenvalue weighted by molar-refractivity contribution is -0.133. The van der Waals surface area contributed by atoms with Gasteiger partial charge in [0.15, 0.2) is 0 Å². The highest BCUT2D eigenvalue weighted by atomic mass is 127. The predicted octanol–water partition coefficient (Wildman–Crippen LogP) is -0.413. The molecule has 0 aromatic carbocycles. The van der Waals surface area contributed by atoms with Crippen molar-refractivity contribution in [3.63, 3.8) is 0 Å². The second-order valence-electron chi connectivity index (χ2n) is 3.13. The molecule has 76 valence electrons. The monoisotopic (exact) mass is 299 g/mol. The highest BCUT2D eigenvalue weighted by Gasteiger charge is 2.30. The van der Waals surface area contributed by atoms with Crippen molar-refractivity contribution in [3.05, 3.63) is 0 Å². The predicted molar refractivity (Wildman–Crippen MR) is 56.9 cm³/mol. The van der Waals surface area contributed by atoms with E-state index < -0.39 is 6.17 Å². The summed E-state index contributed by atoms with van der Waals surface area (Å²) in [7, 11) is 0. The van der Waals surface area contributed by atoms with Crippen LogP contribution in [0.5, 0.6) is 0 Å². The van der Waals surface area contributed by atoms with Gasteiger partial charge in [-0.1, -0.05) is 0 Å². The van der Waals surface area contributed by atoms with Gasteiger partial charge in [-0.2, -0.15) is 0 Å². The van der Waals surface area contributed by atoms with Crippen LogP contribution in [0.25, 0.3) is 0 Å². The van der Waals surface area contributed by atoms with E-state index in [9.17, 15) is 4.79 Å². The topological polar surface area (TPSA) is 81.6 Å². The van der Waals surface area contributed by atoms with E-state index in [1.807, 2.05) is 23.0 Å². The van der Waals surface area contributed by atoms with Crippen LogP contribution < -0.4 is 11.5 Å². The summed E-state index contributed by atoms with van der Waals surface area (Å²) in [6.07, 6.45) is 1.08. The largest absolute Gasteiger partial charge is 0.335 e. The fourth-order valence-electron chi connectivity index (χ4n) is 1.56. The molecule has 0 radical (unpaired) electrons. The Bertz CT molecular complexity index is 189. The number of likely N-dealkylation sites (tertiary alicyclic amines) is 1. The summed E-state index contributed by atoms with van der Waals surface area (Å²) in [6, 6.07) is 0.152. The zero-order chi connectivity index (χ0) is 9.84. The van der Waals surface area contributed by atoms with Gasteiger partial charge in [-0.25, -0.2) is 0 Å². The SMILES string of the molecule is NC(N)C(=O)N1CCC[C@H]1COI. The van der Waals surface area contributed by atoms with Gasteiger partial charge in [-0.05, 0) is 12.8 Å². The number of amides is 1. The lowest BCUT2D eigenvalue weighted by atomic mass is 10.2. The first-order valence-corrected chi connectivity index (χ1v) is 5.10. The van der Waals surface area contributed by atoms with Gasteiger partial charge in [-0.3, -0.25) is 4.79 Å². The van der Waals surface area contributed by atoms with Gasteiger partial charge < -0.3 is 19.4 Å². The first-order chi connectivity index (χ1) is 6.16. The van der Waals surface area contributed by atoms with E-state index in [1.54, 1.807) is 4.90 Å². The second-order valence-corrected chi connectivity index (χ2v) is 3.75. The van der Waals surface area contributed by atoms with Gasteiger partial charge in [0, 0.05) is 6.54 Å². The summed E-state index contributed by atoms with van der Waals surface area (Å²) in [5.41, 5.74) is 10.6. The molecule has 1 fully saturated rings. The Morgan fingerprint density at radius 3 is 2.92 bits per heavy atom. The van der Waals surface area contributed by atoms with Gasteiger partial charge in [0.25, 0.3) is 5.91 Å². The molecular weight excluding hydrogens is 285 g/mol. The molecule has 0 spiro atoms. The first-order valence-electron chi connectivity index (χ1n) is 4.22. The Kier molecular flexibility index (Phi) is 4.36. The third kappa shape index (κ3) is 2.76. The number of rotatable bonds is 3. The molecule has 1 aliphatic heterocycles. The van der Waals surface area contributed by atoms with Gasteiger partial charge in [0.1, 0.15) is 29.2 Å². The van der Waals surface area contributed by atoms with Gasteiger partial charge >= 0.3 is 0 Å². The molecule has 13 heavy (non-hydrogen) atoms. The molecule has 1 aliphatic rings. The average Bonchev–Trinajstić information content (AvgIpc) is 2.52. The maximum atomic E-state index is 11.4. The van der Waals surface area contributed by atoms with Gasteiger partial charge in [0.2, 0.25) is 0 Å². The summed E-state index contributed by atoms with van der Waals surface area (Å²) in [6.45, 7) is 1.30. The Balaban J connectivity index is 2.52. The van der Waals surface area contributed by atoms with Crippen molar-refractivity contribution in [2.75, 3.05) is 13.2 Å². The molecule has 0 saturated carbocycles. The molecule has 0 aromatic heterocycles. The maximum absolute atomic E-state index is 11.4. The van der Waals surface area contributed by atoms with E-state index >= 15 is 0 Å². The fraction of sp³-hybridized carbons (Fsp3) is 0.857. The molecule has 0 aliphatic carbocycles. The lowest BCUT2D eigenvalue weighted by Crippen LogP contribution is -2.51. The third-order valence-electron chi connectivity index (χ3n) is 2.20. The molecule has 0 unspecified atom stereocenters. The maximum Gasteiger partial charge on any atom is 0.254 e. The lowest BCUT2D eigenvalue weighted by Gasteiger charge is -2.24. The first kappa shape index (κ1) is 11.2. The molecule has 1 saturated heterocycles. The van der Waals surface area contributed by atoms with Crippen LogP contribution in [-0.2, 0) is 7.86 Å². The third-order valence-corrected chi connectivity index (χ3v) is 2.56. The van der Waals surface area contributed by atoms with E-state index in [2.05, 4.69) is 0 Å². The van der Waals surface area contributed by atoms with Crippen LogP contribution in [0.4, 0.5) is 0 Å². The highest BCUT2D eigenvalue weighted by Crippen LogP contribution is 2.18. The Morgan fingerprint density at radius 1 is 1.69 bits per heavy atom. The molecule has 1 amide bonds. The Hall–Kier alpha value is 0.0800. The number of nitrogens with two attached hydrogens (primary N) is 2. The second kappa shape index (κ2) is 5.08. The normalized spacial score (nSPS) is 22.8. The van der Waals surface area contributed by atoms with E-state index in [1.165, 1.54) is 0 Å². The van der Waals surface area contributed by atoms with E-state index in [4.69, 9.17) is 14.5 Å². The number of halogens is 1. The minimum absolute atomic E-state index is 0.152. The number of nitrogens with zero attached hydrogens (tertiary/aromatic N) is 1. The summed E-state index contributed by atoms with van der Waals surface area (Å²) in [4.78, 5) is 13.2. The summed E-state index contributed by atoms with van der Waals surface area (Å²) in [5, 5.41) is 0. The van der Waals surface area contributed by atoms with Crippen molar-refractivity contribution >= 4 is 28.9 Å². The summed E-state index contributed by atoms with van der Waals surface area (Å²) < 4.78 is 4.98.